The molecule has 1 aromatic heterocycles. The lowest BCUT2D eigenvalue weighted by molar-refractivity contribution is 0.0915. The molecule has 148 valence electrons. The van der Waals surface area contributed by atoms with Gasteiger partial charge in [-0.1, -0.05) is 49.6 Å². The van der Waals surface area contributed by atoms with Crippen molar-refractivity contribution in [1.29, 1.82) is 0 Å². The first-order chi connectivity index (χ1) is 13.6. The molecule has 1 aliphatic rings. The summed E-state index contributed by atoms with van der Waals surface area (Å²) in [5, 5.41) is 10.8. The van der Waals surface area contributed by atoms with Crippen LogP contribution in [0.2, 0.25) is 0 Å². The van der Waals surface area contributed by atoms with E-state index >= 15 is 0 Å². The molecule has 0 aliphatic heterocycles. The minimum absolute atomic E-state index is 0.280. The van der Waals surface area contributed by atoms with E-state index in [1.165, 1.54) is 32.1 Å². The predicted molar refractivity (Wildman–Crippen MR) is 113 cm³/mol. The highest BCUT2D eigenvalue weighted by molar-refractivity contribution is 5.76. The fraction of sp³-hybridized carbons (Fsp3) is 0.458. The summed E-state index contributed by atoms with van der Waals surface area (Å²) in [6, 6.07) is 14.4. The molecule has 0 radical (unpaired) electrons. The van der Waals surface area contributed by atoms with E-state index in [2.05, 4.69) is 16.7 Å². The molecule has 1 aliphatic carbocycles. The fourth-order valence-electron chi connectivity index (χ4n) is 4.43. The van der Waals surface area contributed by atoms with Crippen LogP contribution < -0.4 is 4.74 Å². The lowest BCUT2D eigenvalue weighted by Gasteiger charge is -2.23. The van der Waals surface area contributed by atoms with Gasteiger partial charge in [-0.05, 0) is 49.9 Å². The zero-order chi connectivity index (χ0) is 19.5. The van der Waals surface area contributed by atoms with E-state index in [9.17, 15) is 5.11 Å². The SMILES string of the molecule is Cc1cccc(C)c1OC[C@H](O)Cn1c(C2CCCCC2)nc2ccccc21. The van der Waals surface area contributed by atoms with Crippen LogP contribution in [-0.2, 0) is 6.54 Å². The average molecular weight is 379 g/mol. The van der Waals surface area contributed by atoms with Gasteiger partial charge in [-0.15, -0.1) is 0 Å². The minimum atomic E-state index is -0.584. The summed E-state index contributed by atoms with van der Waals surface area (Å²) in [7, 11) is 0. The molecule has 2 aromatic carbocycles. The maximum absolute atomic E-state index is 10.8. The topological polar surface area (TPSA) is 47.3 Å². The number of hydrogen-bond donors (Lipinski definition) is 1. The molecule has 1 N–H and O–H groups in total. The predicted octanol–water partition coefficient (Wildman–Crippen LogP) is 5.14. The van der Waals surface area contributed by atoms with Gasteiger partial charge in [-0.3, -0.25) is 0 Å². The maximum Gasteiger partial charge on any atom is 0.125 e. The molecular formula is C24H30N2O2. The number of aryl methyl sites for hydroxylation is 2. The molecule has 0 amide bonds. The number of aromatic nitrogens is 2. The molecule has 0 bridgehead atoms. The number of fused-ring (bicyclic) bond motifs is 1. The van der Waals surface area contributed by atoms with Crippen molar-refractivity contribution in [2.45, 2.75) is 64.5 Å². The summed E-state index contributed by atoms with van der Waals surface area (Å²) in [5.41, 5.74) is 4.33. The van der Waals surface area contributed by atoms with Gasteiger partial charge in [0.15, 0.2) is 0 Å². The average Bonchev–Trinajstić information content (AvgIpc) is 3.07. The first-order valence-electron chi connectivity index (χ1n) is 10.5. The van der Waals surface area contributed by atoms with Crippen LogP contribution in [0.25, 0.3) is 11.0 Å². The number of aliphatic hydroxyl groups excluding tert-OH is 1. The Morgan fingerprint density at radius 3 is 2.50 bits per heavy atom. The minimum Gasteiger partial charge on any atom is -0.490 e. The monoisotopic (exact) mass is 378 g/mol. The number of nitrogens with zero attached hydrogens (tertiary/aromatic N) is 2. The number of imidazole rings is 1. The van der Waals surface area contributed by atoms with Gasteiger partial charge in [-0.25, -0.2) is 4.98 Å². The molecule has 1 saturated carbocycles. The van der Waals surface area contributed by atoms with Crippen LogP contribution in [0.15, 0.2) is 42.5 Å². The Morgan fingerprint density at radius 2 is 1.75 bits per heavy atom. The molecule has 3 aromatic rings. The molecule has 1 heterocycles. The van der Waals surface area contributed by atoms with Crippen LogP contribution in [-0.4, -0.2) is 27.4 Å². The Hall–Kier alpha value is -2.33. The van der Waals surface area contributed by atoms with Crippen molar-refractivity contribution in [3.63, 3.8) is 0 Å². The van der Waals surface area contributed by atoms with E-state index < -0.39 is 6.10 Å². The Bertz CT molecular complexity index is 921. The normalized spacial score (nSPS) is 16.4. The van der Waals surface area contributed by atoms with Crippen molar-refractivity contribution < 1.29 is 9.84 Å². The van der Waals surface area contributed by atoms with E-state index in [1.54, 1.807) is 0 Å². The highest BCUT2D eigenvalue weighted by Crippen LogP contribution is 2.34. The molecule has 4 nitrogen and oxygen atoms in total. The number of para-hydroxylation sites is 3. The lowest BCUT2D eigenvalue weighted by Crippen LogP contribution is -2.26. The molecular weight excluding hydrogens is 348 g/mol. The second-order valence-electron chi connectivity index (χ2n) is 8.09. The van der Waals surface area contributed by atoms with Gasteiger partial charge in [0.25, 0.3) is 0 Å². The van der Waals surface area contributed by atoms with E-state index in [-0.39, 0.29) is 6.61 Å². The third kappa shape index (κ3) is 3.93. The van der Waals surface area contributed by atoms with Crippen molar-refractivity contribution in [1.82, 2.24) is 9.55 Å². The maximum atomic E-state index is 10.8. The number of benzene rings is 2. The molecule has 0 spiro atoms. The van der Waals surface area contributed by atoms with Gasteiger partial charge in [0, 0.05) is 5.92 Å². The molecule has 4 heteroatoms. The first kappa shape index (κ1) is 19.0. The highest BCUT2D eigenvalue weighted by Gasteiger charge is 2.23. The van der Waals surface area contributed by atoms with Gasteiger partial charge in [0.2, 0.25) is 0 Å². The van der Waals surface area contributed by atoms with Crippen molar-refractivity contribution in [3.8, 4) is 5.75 Å². The Kier molecular flexibility index (Phi) is 5.67. The van der Waals surface area contributed by atoms with Gasteiger partial charge < -0.3 is 14.4 Å². The second-order valence-corrected chi connectivity index (χ2v) is 8.09. The van der Waals surface area contributed by atoms with Crippen LogP contribution in [0.1, 0.15) is 55.0 Å². The number of ether oxygens (including phenoxy) is 1. The van der Waals surface area contributed by atoms with E-state index in [1.807, 2.05) is 44.2 Å². The molecule has 0 unspecified atom stereocenters. The first-order valence-corrected chi connectivity index (χ1v) is 10.5. The zero-order valence-corrected chi connectivity index (χ0v) is 16.9. The largest absolute Gasteiger partial charge is 0.490 e. The summed E-state index contributed by atoms with van der Waals surface area (Å²) in [5.74, 6) is 2.50. The third-order valence-electron chi connectivity index (χ3n) is 5.88. The number of rotatable bonds is 6. The van der Waals surface area contributed by atoms with Crippen molar-refractivity contribution in [3.05, 3.63) is 59.4 Å². The van der Waals surface area contributed by atoms with Gasteiger partial charge in [0.05, 0.1) is 17.6 Å². The smallest absolute Gasteiger partial charge is 0.125 e. The summed E-state index contributed by atoms with van der Waals surface area (Å²) in [6.45, 7) is 4.87. The molecule has 4 rings (SSSR count). The quantitative estimate of drug-likeness (QED) is 0.646. The van der Waals surface area contributed by atoms with Crippen LogP contribution in [0.5, 0.6) is 5.75 Å². The van der Waals surface area contributed by atoms with Gasteiger partial charge >= 0.3 is 0 Å². The van der Waals surface area contributed by atoms with E-state index in [4.69, 9.17) is 9.72 Å². The third-order valence-corrected chi connectivity index (χ3v) is 5.88. The number of hydrogen-bond acceptors (Lipinski definition) is 3. The van der Waals surface area contributed by atoms with Gasteiger partial charge in [0.1, 0.15) is 24.3 Å². The van der Waals surface area contributed by atoms with E-state index in [0.717, 1.165) is 33.7 Å². The second kappa shape index (κ2) is 8.36. The fourth-order valence-corrected chi connectivity index (χ4v) is 4.43. The Balaban J connectivity index is 1.54. The van der Waals surface area contributed by atoms with E-state index in [0.29, 0.717) is 12.5 Å². The summed E-state index contributed by atoms with van der Waals surface area (Å²) in [4.78, 5) is 4.95. The van der Waals surface area contributed by atoms with Crippen molar-refractivity contribution in [2.24, 2.45) is 0 Å². The lowest BCUT2D eigenvalue weighted by atomic mass is 9.88. The van der Waals surface area contributed by atoms with Crippen LogP contribution in [0.4, 0.5) is 0 Å². The summed E-state index contributed by atoms with van der Waals surface area (Å²) in [6.07, 6.45) is 5.66. The van der Waals surface area contributed by atoms with Crippen LogP contribution in [0.3, 0.4) is 0 Å². The summed E-state index contributed by atoms with van der Waals surface area (Å²) >= 11 is 0. The molecule has 28 heavy (non-hydrogen) atoms. The Labute approximate surface area is 167 Å². The van der Waals surface area contributed by atoms with Crippen molar-refractivity contribution in [2.75, 3.05) is 6.61 Å². The highest BCUT2D eigenvalue weighted by atomic mass is 16.5. The number of aliphatic hydroxyl groups is 1. The van der Waals surface area contributed by atoms with Crippen molar-refractivity contribution >= 4 is 11.0 Å². The molecule has 1 fully saturated rings. The van der Waals surface area contributed by atoms with Gasteiger partial charge in [-0.2, -0.15) is 0 Å². The van der Waals surface area contributed by atoms with Crippen LogP contribution in [0, 0.1) is 13.8 Å². The molecule has 1 atom stereocenters. The standard InChI is InChI=1S/C24H30N2O2/c1-17-9-8-10-18(2)23(17)28-16-20(27)15-26-22-14-7-6-13-21(22)25-24(26)19-11-4-3-5-12-19/h6-10,13-14,19-20,27H,3-5,11-12,15-16H2,1-2H3/t20-/m1/s1. The van der Waals surface area contributed by atoms with Crippen LogP contribution >= 0.6 is 0 Å². The molecule has 0 saturated heterocycles. The summed E-state index contributed by atoms with van der Waals surface area (Å²) < 4.78 is 8.22. The zero-order valence-electron chi connectivity index (χ0n) is 16.9. The Morgan fingerprint density at radius 1 is 1.04 bits per heavy atom.